The van der Waals surface area contributed by atoms with Crippen LogP contribution in [0.1, 0.15) is 92.7 Å². The van der Waals surface area contributed by atoms with Crippen molar-refractivity contribution < 1.29 is 51.7 Å². The van der Waals surface area contributed by atoms with E-state index in [2.05, 4.69) is 36.9 Å². The molecule has 0 aromatic heterocycles. The molecule has 0 atom stereocenters. The molecule has 0 aliphatic rings. The number of ether oxygens (including phenoxy) is 4. The molecule has 0 aliphatic carbocycles. The first-order chi connectivity index (χ1) is 29.9. The summed E-state index contributed by atoms with van der Waals surface area (Å²) < 4.78 is 49.3. The Balaban J connectivity index is 1.77. The fraction of sp³-hybridized carbons (Fsp3) is 0.455. The first-order valence-corrected chi connectivity index (χ1v) is 21.4. The van der Waals surface area contributed by atoms with Crippen molar-refractivity contribution in [1.82, 2.24) is 16.0 Å². The number of guanidine groups is 1. The van der Waals surface area contributed by atoms with Gasteiger partial charge in [-0.1, -0.05) is 6.07 Å². The summed E-state index contributed by atoms with van der Waals surface area (Å²) in [7, 11) is 0. The SMILES string of the molecule is CC(C)(C)OC(=O)NCCSc1c(NC(=O)CCCCN=C(NC(=O)OC(C)(C)C)NC(=O)OC(C)(C)C)cc(CF)cc1NC(=O)Nc1cccc(Oc2cc(N)cc(CF)c2)c1. The molecule has 3 rings (SSSR count). The molecule has 20 heteroatoms. The number of rotatable bonds is 16. The van der Waals surface area contributed by atoms with Crippen LogP contribution in [0.5, 0.6) is 11.5 Å². The summed E-state index contributed by atoms with van der Waals surface area (Å²) >= 11 is 1.19. The number of benzene rings is 3. The Labute approximate surface area is 376 Å². The molecule has 0 radical (unpaired) electrons. The number of alkyl halides is 2. The van der Waals surface area contributed by atoms with E-state index >= 15 is 0 Å². The number of nitrogens with zero attached hydrogens (tertiary/aromatic N) is 1. The van der Waals surface area contributed by atoms with Gasteiger partial charge in [0.1, 0.15) is 41.7 Å². The highest BCUT2D eigenvalue weighted by Gasteiger charge is 2.22. The van der Waals surface area contributed by atoms with Crippen LogP contribution in [-0.2, 0) is 32.4 Å². The number of nitrogens with one attached hydrogen (secondary N) is 6. The van der Waals surface area contributed by atoms with Crippen LogP contribution in [-0.4, -0.2) is 71.8 Å². The molecule has 0 aliphatic heterocycles. The van der Waals surface area contributed by atoms with Crippen molar-refractivity contribution in [2.75, 3.05) is 40.5 Å². The highest BCUT2D eigenvalue weighted by atomic mass is 32.2. The Kier molecular flexibility index (Phi) is 19.5. The van der Waals surface area contributed by atoms with Crippen LogP contribution in [0, 0.1) is 0 Å². The summed E-state index contributed by atoms with van der Waals surface area (Å²) in [6.45, 7) is 13.9. The predicted molar refractivity (Wildman–Crippen MR) is 245 cm³/mol. The maximum atomic E-state index is 14.3. The zero-order valence-electron chi connectivity index (χ0n) is 37.7. The van der Waals surface area contributed by atoms with Gasteiger partial charge in [0.05, 0.1) is 16.3 Å². The van der Waals surface area contributed by atoms with Gasteiger partial charge < -0.3 is 45.9 Å². The van der Waals surface area contributed by atoms with E-state index in [0.29, 0.717) is 46.2 Å². The Morgan fingerprint density at radius 2 is 1.27 bits per heavy atom. The Bertz CT molecular complexity index is 2100. The average Bonchev–Trinajstić information content (AvgIpc) is 3.14. The van der Waals surface area contributed by atoms with Crippen LogP contribution in [0.4, 0.5) is 50.7 Å². The van der Waals surface area contributed by atoms with Crippen LogP contribution < -0.4 is 42.4 Å². The van der Waals surface area contributed by atoms with Gasteiger partial charge in [-0.25, -0.2) is 28.0 Å². The third-order valence-electron chi connectivity index (χ3n) is 7.63. The molecule has 0 unspecified atom stereocenters. The summed E-state index contributed by atoms with van der Waals surface area (Å²) in [5.74, 6) is 0.260. The fourth-order valence-corrected chi connectivity index (χ4v) is 6.26. The molecule has 350 valence electrons. The summed E-state index contributed by atoms with van der Waals surface area (Å²) in [5.41, 5.74) is 5.06. The smallest absolute Gasteiger partial charge is 0.414 e. The number of hydrogen-bond donors (Lipinski definition) is 7. The predicted octanol–water partition coefficient (Wildman–Crippen LogP) is 9.78. The molecular weight excluding hydrogens is 855 g/mol. The molecule has 0 bridgehead atoms. The number of carbonyl (C=O) groups is 5. The maximum absolute atomic E-state index is 14.3. The number of halogens is 2. The molecule has 6 amide bonds. The third-order valence-corrected chi connectivity index (χ3v) is 8.77. The normalized spacial score (nSPS) is 11.4. The fourth-order valence-electron chi connectivity index (χ4n) is 5.32. The van der Waals surface area contributed by atoms with Gasteiger partial charge in [-0.15, -0.1) is 11.8 Å². The largest absolute Gasteiger partial charge is 0.457 e. The second-order valence-corrected chi connectivity index (χ2v) is 18.3. The van der Waals surface area contributed by atoms with Gasteiger partial charge in [0, 0.05) is 48.8 Å². The van der Waals surface area contributed by atoms with Crippen molar-refractivity contribution >= 4 is 70.7 Å². The number of thioether (sulfide) groups is 1. The molecule has 3 aromatic carbocycles. The van der Waals surface area contributed by atoms with Crippen molar-refractivity contribution in [3.63, 3.8) is 0 Å². The number of aliphatic imine (C=N–C) groups is 1. The molecule has 0 spiro atoms. The van der Waals surface area contributed by atoms with Crippen LogP contribution in [0.2, 0.25) is 0 Å². The standard InChI is InChI=1S/C44H60F2N8O9S/c1-42(2,3)61-39(57)49-17-18-64-36-33(51-35(55)15-10-11-16-48-37(53-40(58)62-43(4,5)6)54-41(59)63-44(7,8)9)21-28(26-46)22-34(36)52-38(56)50-30-13-12-14-31(24-30)60-32-20-27(25-45)19-29(47)23-32/h12-14,19-24H,10-11,15-18,25-26,47H2,1-9H3,(H,49,57)(H,51,55)(H2,50,52,56)(H2,48,53,54,58,59). The minimum atomic E-state index is -0.924. The lowest BCUT2D eigenvalue weighted by atomic mass is 10.1. The summed E-state index contributed by atoms with van der Waals surface area (Å²) in [5, 5.41) is 15.8. The first-order valence-electron chi connectivity index (χ1n) is 20.4. The van der Waals surface area contributed by atoms with Crippen molar-refractivity contribution in [3.8, 4) is 11.5 Å². The minimum absolute atomic E-state index is 0.000322. The number of amides is 6. The van der Waals surface area contributed by atoms with E-state index in [9.17, 15) is 32.8 Å². The number of nitrogen functional groups attached to an aromatic ring is 1. The topological polar surface area (TPSA) is 233 Å². The van der Waals surface area contributed by atoms with Gasteiger partial charge in [-0.3, -0.25) is 20.4 Å². The van der Waals surface area contributed by atoms with Crippen LogP contribution in [0.3, 0.4) is 0 Å². The number of urea groups is 1. The highest BCUT2D eigenvalue weighted by Crippen LogP contribution is 2.37. The maximum Gasteiger partial charge on any atom is 0.414 e. The molecule has 0 saturated carbocycles. The molecule has 0 fully saturated rings. The van der Waals surface area contributed by atoms with Gasteiger partial charge in [-0.05, 0) is 123 Å². The number of nitrogens with two attached hydrogens (primary N) is 1. The molecule has 3 aromatic rings. The molecule has 0 saturated heterocycles. The lowest BCUT2D eigenvalue weighted by molar-refractivity contribution is -0.116. The summed E-state index contributed by atoms with van der Waals surface area (Å²) in [6.07, 6.45) is -1.65. The lowest BCUT2D eigenvalue weighted by Crippen LogP contribution is -2.47. The van der Waals surface area contributed by atoms with E-state index in [1.54, 1.807) is 86.6 Å². The van der Waals surface area contributed by atoms with Crippen LogP contribution in [0.25, 0.3) is 0 Å². The molecule has 8 N–H and O–H groups in total. The van der Waals surface area contributed by atoms with E-state index < -0.39 is 60.4 Å². The second kappa shape index (κ2) is 23.9. The molecule has 17 nitrogen and oxygen atoms in total. The Morgan fingerprint density at radius 1 is 0.688 bits per heavy atom. The van der Waals surface area contributed by atoms with Gasteiger partial charge in [-0.2, -0.15) is 0 Å². The van der Waals surface area contributed by atoms with Crippen molar-refractivity contribution in [2.45, 2.75) is 117 Å². The quantitative estimate of drug-likeness (QED) is 0.0178. The van der Waals surface area contributed by atoms with E-state index in [0.717, 1.165) is 0 Å². The average molecular weight is 915 g/mol. The monoisotopic (exact) mass is 914 g/mol. The van der Waals surface area contributed by atoms with E-state index in [4.69, 9.17) is 24.7 Å². The van der Waals surface area contributed by atoms with E-state index in [1.165, 1.54) is 42.1 Å². The van der Waals surface area contributed by atoms with Crippen LogP contribution >= 0.6 is 11.8 Å². The Morgan fingerprint density at radius 3 is 1.86 bits per heavy atom. The van der Waals surface area contributed by atoms with Gasteiger partial charge in [0.25, 0.3) is 0 Å². The first kappa shape index (κ1) is 52.0. The van der Waals surface area contributed by atoms with E-state index in [1.807, 2.05) is 0 Å². The number of hydrogen-bond acceptors (Lipinski definition) is 12. The number of carbonyl (C=O) groups excluding carboxylic acids is 5. The summed E-state index contributed by atoms with van der Waals surface area (Å²) in [4.78, 5) is 68.6. The van der Waals surface area contributed by atoms with Gasteiger partial charge in [0.15, 0.2) is 0 Å². The molecule has 0 heterocycles. The highest BCUT2D eigenvalue weighted by molar-refractivity contribution is 7.99. The number of unbranched alkanes of at least 4 members (excludes halogenated alkanes) is 1. The molecule has 64 heavy (non-hydrogen) atoms. The minimum Gasteiger partial charge on any atom is -0.457 e. The van der Waals surface area contributed by atoms with E-state index in [-0.39, 0.29) is 48.2 Å². The third kappa shape index (κ3) is 20.7. The zero-order valence-corrected chi connectivity index (χ0v) is 38.5. The van der Waals surface area contributed by atoms with Crippen molar-refractivity contribution in [1.29, 1.82) is 0 Å². The Hall–Kier alpha value is -6.31. The number of alkyl carbamates (subject to hydrolysis) is 3. The van der Waals surface area contributed by atoms with Crippen molar-refractivity contribution in [2.24, 2.45) is 4.99 Å². The summed E-state index contributed by atoms with van der Waals surface area (Å²) in [6, 6.07) is 13.2. The second-order valence-electron chi connectivity index (χ2n) is 17.2. The van der Waals surface area contributed by atoms with Gasteiger partial charge >= 0.3 is 24.3 Å². The van der Waals surface area contributed by atoms with Crippen LogP contribution in [0.15, 0.2) is 64.5 Å². The van der Waals surface area contributed by atoms with Gasteiger partial charge in [0.2, 0.25) is 11.9 Å². The lowest BCUT2D eigenvalue weighted by Gasteiger charge is -2.22. The zero-order chi connectivity index (χ0) is 47.7. The van der Waals surface area contributed by atoms with Crippen molar-refractivity contribution in [3.05, 3.63) is 65.7 Å². The number of anilines is 4. The molecular formula is C44H60F2N8O9S.